The van der Waals surface area contributed by atoms with E-state index in [0.29, 0.717) is 17.0 Å². The first-order chi connectivity index (χ1) is 8.79. The van der Waals surface area contributed by atoms with Gasteiger partial charge in [-0.05, 0) is 24.3 Å². The SMILES string of the molecule is O=C(Nc1c[c-]ccc1)c1ccc(OSF)cc1.[Au+]. The van der Waals surface area contributed by atoms with Crippen LogP contribution in [-0.2, 0) is 22.4 Å². The smallest absolute Gasteiger partial charge is 0.397 e. The fraction of sp³-hybridized carbons (Fsp3) is 0. The number of hydrogen-bond donors (Lipinski definition) is 1. The van der Waals surface area contributed by atoms with Crippen molar-refractivity contribution < 1.29 is 35.2 Å². The third kappa shape index (κ3) is 4.72. The maximum absolute atomic E-state index is 11.8. The molecule has 0 aliphatic carbocycles. The molecule has 1 N–H and O–H groups in total. The molecule has 0 aliphatic rings. The number of nitrogens with one attached hydrogen (secondary N) is 1. The molecule has 3 nitrogen and oxygen atoms in total. The van der Waals surface area contributed by atoms with E-state index in [1.165, 1.54) is 12.1 Å². The summed E-state index contributed by atoms with van der Waals surface area (Å²) in [6.07, 6.45) is 0. The number of halogens is 1. The number of hydrogen-bond acceptors (Lipinski definition) is 3. The van der Waals surface area contributed by atoms with E-state index in [1.54, 1.807) is 36.4 Å². The minimum absolute atomic E-state index is 0. The predicted octanol–water partition coefficient (Wildman–Crippen LogP) is 3.65. The molecule has 0 spiro atoms. The van der Waals surface area contributed by atoms with E-state index in [9.17, 15) is 8.68 Å². The minimum Gasteiger partial charge on any atom is -0.397 e. The number of rotatable bonds is 4. The van der Waals surface area contributed by atoms with Gasteiger partial charge in [0.2, 0.25) is 5.91 Å². The Morgan fingerprint density at radius 2 is 2.00 bits per heavy atom. The molecular weight excluding hydrogens is 450 g/mol. The summed E-state index contributed by atoms with van der Waals surface area (Å²) in [5, 5.41) is 2.72. The van der Waals surface area contributed by atoms with Crippen LogP contribution in [0.5, 0.6) is 5.75 Å². The topological polar surface area (TPSA) is 38.3 Å². The van der Waals surface area contributed by atoms with Gasteiger partial charge in [0.25, 0.3) is 12.4 Å². The molecule has 0 aromatic heterocycles. The van der Waals surface area contributed by atoms with Gasteiger partial charge in [-0.25, -0.2) is 0 Å². The third-order valence-electron chi connectivity index (χ3n) is 2.21. The van der Waals surface area contributed by atoms with Crippen LogP contribution in [0, 0.1) is 6.07 Å². The quantitative estimate of drug-likeness (QED) is 0.431. The van der Waals surface area contributed by atoms with Crippen LogP contribution in [-0.4, -0.2) is 5.91 Å². The van der Waals surface area contributed by atoms with Gasteiger partial charge in [0, 0.05) is 5.56 Å². The van der Waals surface area contributed by atoms with Gasteiger partial charge < -0.3 is 9.50 Å². The Balaban J connectivity index is 0.00000180. The molecule has 2 rings (SSSR count). The molecular formula is C13H9AuFNO2S. The molecule has 0 aliphatic heterocycles. The van der Waals surface area contributed by atoms with Crippen LogP contribution in [0.3, 0.4) is 0 Å². The van der Waals surface area contributed by atoms with Crippen molar-refractivity contribution in [3.05, 3.63) is 60.2 Å². The summed E-state index contributed by atoms with van der Waals surface area (Å²) in [7, 11) is 0. The van der Waals surface area contributed by atoms with Gasteiger partial charge in [-0.2, -0.15) is 24.3 Å². The van der Waals surface area contributed by atoms with Crippen LogP contribution in [0.15, 0.2) is 48.5 Å². The Kier molecular flexibility index (Phi) is 6.66. The van der Waals surface area contributed by atoms with Crippen molar-refractivity contribution in [3.8, 4) is 5.75 Å². The van der Waals surface area contributed by atoms with Gasteiger partial charge in [-0.1, -0.05) is 5.69 Å². The summed E-state index contributed by atoms with van der Waals surface area (Å²) in [5.41, 5.74) is 1.14. The van der Waals surface area contributed by atoms with Crippen LogP contribution >= 0.6 is 12.4 Å². The van der Waals surface area contributed by atoms with E-state index in [2.05, 4.69) is 15.6 Å². The second kappa shape index (κ2) is 8.01. The predicted molar refractivity (Wildman–Crippen MR) is 69.0 cm³/mol. The van der Waals surface area contributed by atoms with E-state index >= 15 is 0 Å². The van der Waals surface area contributed by atoms with Crippen LogP contribution in [0.1, 0.15) is 10.4 Å². The number of carbonyl (C=O) groups is 1. The van der Waals surface area contributed by atoms with Crippen molar-refractivity contribution in [1.82, 2.24) is 0 Å². The molecule has 0 saturated heterocycles. The Morgan fingerprint density at radius 1 is 1.26 bits per heavy atom. The summed E-state index contributed by atoms with van der Waals surface area (Å²) in [6.45, 7) is 0. The molecule has 0 unspecified atom stereocenters. The normalized spacial score (nSPS) is 9.32. The molecule has 0 saturated carbocycles. The maximum atomic E-state index is 11.8. The number of carbonyl (C=O) groups excluding carboxylic acids is 1. The fourth-order valence-electron chi connectivity index (χ4n) is 1.37. The van der Waals surface area contributed by atoms with E-state index in [1.807, 2.05) is 0 Å². The minimum atomic E-state index is -0.242. The first-order valence-corrected chi connectivity index (χ1v) is 5.76. The molecule has 0 fully saturated rings. The zero-order valence-electron chi connectivity index (χ0n) is 9.52. The molecule has 102 valence electrons. The Hall–Kier alpha value is -1.27. The van der Waals surface area contributed by atoms with Crippen molar-refractivity contribution >= 4 is 24.0 Å². The second-order valence-electron chi connectivity index (χ2n) is 3.42. The average Bonchev–Trinajstić information content (AvgIpc) is 2.41. The molecule has 2 aromatic rings. The standard InChI is InChI=1S/C13H9FNO2S.Au/c14-18-17-12-8-6-10(7-9-12)13(16)15-11-4-2-1-3-5-11;/h1-2,4-9H,(H,15,16);/q-1;+1. The van der Waals surface area contributed by atoms with Gasteiger partial charge in [-0.3, -0.25) is 4.79 Å². The van der Waals surface area contributed by atoms with E-state index in [-0.39, 0.29) is 40.7 Å². The molecule has 0 heterocycles. The van der Waals surface area contributed by atoms with Crippen molar-refractivity contribution in [1.29, 1.82) is 0 Å². The number of amides is 1. The van der Waals surface area contributed by atoms with E-state index in [0.717, 1.165) is 0 Å². The zero-order valence-corrected chi connectivity index (χ0v) is 12.5. The molecule has 0 bridgehead atoms. The molecule has 0 radical (unpaired) electrons. The Labute approximate surface area is 130 Å². The fourth-order valence-corrected chi connectivity index (χ4v) is 1.56. The van der Waals surface area contributed by atoms with E-state index < -0.39 is 0 Å². The summed E-state index contributed by atoms with van der Waals surface area (Å²) in [5.74, 6) is 0.112. The van der Waals surface area contributed by atoms with Crippen molar-refractivity contribution in [2.75, 3.05) is 5.32 Å². The third-order valence-corrected chi connectivity index (χ3v) is 2.46. The summed E-state index contributed by atoms with van der Waals surface area (Å²) in [4.78, 5) is 11.8. The van der Waals surface area contributed by atoms with Crippen LogP contribution < -0.4 is 9.50 Å². The summed E-state index contributed by atoms with van der Waals surface area (Å²) < 4.78 is 16.4. The molecule has 2 aromatic carbocycles. The number of anilines is 1. The van der Waals surface area contributed by atoms with Crippen molar-refractivity contribution in [3.63, 3.8) is 0 Å². The van der Waals surface area contributed by atoms with Gasteiger partial charge >= 0.3 is 22.4 Å². The van der Waals surface area contributed by atoms with Crippen LogP contribution in [0.2, 0.25) is 0 Å². The Bertz CT molecular complexity index is 522. The molecule has 6 heteroatoms. The Morgan fingerprint density at radius 3 is 2.58 bits per heavy atom. The maximum Gasteiger partial charge on any atom is 1.00 e. The van der Waals surface area contributed by atoms with Gasteiger partial charge in [-0.15, -0.1) is 9.95 Å². The average molecular weight is 459 g/mol. The van der Waals surface area contributed by atoms with Gasteiger partial charge in [0.05, 0.1) is 0 Å². The van der Waals surface area contributed by atoms with Crippen molar-refractivity contribution in [2.24, 2.45) is 0 Å². The molecule has 19 heavy (non-hydrogen) atoms. The zero-order chi connectivity index (χ0) is 12.8. The van der Waals surface area contributed by atoms with Crippen molar-refractivity contribution in [2.45, 2.75) is 0 Å². The molecule has 0 atom stereocenters. The van der Waals surface area contributed by atoms with Crippen LogP contribution in [0.4, 0.5) is 9.57 Å². The summed E-state index contributed by atoms with van der Waals surface area (Å²) >= 11 is -0.233. The van der Waals surface area contributed by atoms with Gasteiger partial charge in [0.15, 0.2) is 0 Å². The van der Waals surface area contributed by atoms with Crippen LogP contribution in [0.25, 0.3) is 0 Å². The number of benzene rings is 2. The van der Waals surface area contributed by atoms with E-state index in [4.69, 9.17) is 0 Å². The first kappa shape index (κ1) is 15.8. The summed E-state index contributed by atoms with van der Waals surface area (Å²) in [6, 6.07) is 16.0. The first-order valence-electron chi connectivity index (χ1n) is 5.12. The van der Waals surface area contributed by atoms with Gasteiger partial charge in [0.1, 0.15) is 5.75 Å². The largest absolute Gasteiger partial charge is 1.00 e. The molecule has 1 amide bonds. The monoisotopic (exact) mass is 459 g/mol. The second-order valence-corrected chi connectivity index (χ2v) is 3.71.